The zero-order valence-corrected chi connectivity index (χ0v) is 14.4. The number of aliphatic imine (C=N–C) groups is 1. The van der Waals surface area contributed by atoms with E-state index in [0.717, 1.165) is 42.8 Å². The summed E-state index contributed by atoms with van der Waals surface area (Å²) in [4.78, 5) is 26.0. The fourth-order valence-electron chi connectivity index (χ4n) is 3.55. The van der Waals surface area contributed by atoms with Crippen molar-refractivity contribution in [3.05, 3.63) is 60.1 Å². The maximum absolute atomic E-state index is 12.9. The molecule has 0 aromatic carbocycles. The molecule has 2 aromatic heterocycles. The molecular formula is C20H21N5O. The van der Waals surface area contributed by atoms with Gasteiger partial charge in [-0.2, -0.15) is 0 Å². The summed E-state index contributed by atoms with van der Waals surface area (Å²) in [6.07, 6.45) is 9.27. The number of hydrogen-bond acceptors (Lipinski definition) is 5. The van der Waals surface area contributed by atoms with Gasteiger partial charge in [0, 0.05) is 24.3 Å². The minimum Gasteiger partial charge on any atom is -0.363 e. The quantitative estimate of drug-likeness (QED) is 0.888. The molecule has 0 radical (unpaired) electrons. The van der Waals surface area contributed by atoms with Gasteiger partial charge in [-0.1, -0.05) is 18.6 Å². The van der Waals surface area contributed by atoms with Crippen LogP contribution >= 0.6 is 0 Å². The number of rotatable bonds is 4. The highest BCUT2D eigenvalue weighted by Crippen LogP contribution is 2.35. The molecule has 6 nitrogen and oxygen atoms in total. The van der Waals surface area contributed by atoms with Crippen LogP contribution in [-0.4, -0.2) is 28.1 Å². The second-order valence-electron chi connectivity index (χ2n) is 6.52. The molecule has 1 aliphatic carbocycles. The van der Waals surface area contributed by atoms with E-state index in [0.29, 0.717) is 5.82 Å². The Labute approximate surface area is 152 Å². The first kappa shape index (κ1) is 16.4. The van der Waals surface area contributed by atoms with Crippen LogP contribution in [0, 0.1) is 5.92 Å². The van der Waals surface area contributed by atoms with Crippen LogP contribution < -0.4 is 10.6 Å². The molecule has 2 N–H and O–H groups in total. The van der Waals surface area contributed by atoms with E-state index >= 15 is 0 Å². The topological polar surface area (TPSA) is 79.3 Å². The highest BCUT2D eigenvalue weighted by atomic mass is 16.2. The van der Waals surface area contributed by atoms with E-state index < -0.39 is 0 Å². The summed E-state index contributed by atoms with van der Waals surface area (Å²) in [5, 5.41) is 6.40. The minimum absolute atomic E-state index is 0.0596. The first-order chi connectivity index (χ1) is 12.8. The summed E-state index contributed by atoms with van der Waals surface area (Å²) in [5.74, 6) is 0.920. The summed E-state index contributed by atoms with van der Waals surface area (Å²) in [6, 6.07) is 11.3. The van der Waals surface area contributed by atoms with Gasteiger partial charge in [0.2, 0.25) is 5.91 Å². The number of aromatic nitrogens is 2. The Morgan fingerprint density at radius 2 is 1.77 bits per heavy atom. The summed E-state index contributed by atoms with van der Waals surface area (Å²) < 4.78 is 0. The molecule has 2 atom stereocenters. The number of anilines is 2. The van der Waals surface area contributed by atoms with Crippen molar-refractivity contribution in [2.45, 2.75) is 31.7 Å². The molecule has 26 heavy (non-hydrogen) atoms. The predicted molar refractivity (Wildman–Crippen MR) is 102 cm³/mol. The van der Waals surface area contributed by atoms with Crippen LogP contribution in [0.3, 0.4) is 0 Å². The molecule has 0 fully saturated rings. The molecular weight excluding hydrogens is 326 g/mol. The predicted octanol–water partition coefficient (Wildman–Crippen LogP) is 3.42. The molecule has 1 aliphatic heterocycles. The molecule has 0 saturated heterocycles. The molecule has 2 unspecified atom stereocenters. The molecule has 3 heterocycles. The Morgan fingerprint density at radius 3 is 2.50 bits per heavy atom. The molecule has 0 spiro atoms. The highest BCUT2D eigenvalue weighted by molar-refractivity contribution is 6.05. The van der Waals surface area contributed by atoms with E-state index in [2.05, 4.69) is 25.6 Å². The Balaban J connectivity index is 1.57. The number of carbonyl (C=O) groups is 1. The van der Waals surface area contributed by atoms with Gasteiger partial charge in [-0.25, -0.2) is 9.97 Å². The number of amides is 1. The highest BCUT2D eigenvalue weighted by Gasteiger charge is 2.35. The number of nitrogens with one attached hydrogen (secondary N) is 2. The lowest BCUT2D eigenvalue weighted by molar-refractivity contribution is -0.117. The van der Waals surface area contributed by atoms with Gasteiger partial charge >= 0.3 is 0 Å². The van der Waals surface area contributed by atoms with Crippen molar-refractivity contribution in [2.75, 3.05) is 10.6 Å². The van der Waals surface area contributed by atoms with Gasteiger partial charge in [-0.05, 0) is 49.1 Å². The van der Waals surface area contributed by atoms with E-state index in [9.17, 15) is 4.79 Å². The Hall–Kier alpha value is -3.02. The summed E-state index contributed by atoms with van der Waals surface area (Å²) in [5.41, 5.74) is 2.11. The van der Waals surface area contributed by atoms with Crippen LogP contribution in [0.5, 0.6) is 0 Å². The van der Waals surface area contributed by atoms with Crippen molar-refractivity contribution in [1.29, 1.82) is 0 Å². The van der Waals surface area contributed by atoms with Crippen molar-refractivity contribution >= 4 is 23.8 Å². The van der Waals surface area contributed by atoms with Crippen molar-refractivity contribution in [3.8, 4) is 0 Å². The SMILES string of the molecule is O=C(Nc1ccccn1)C1C=NC2=C1C(Nc1ccccn1)CCCC2. The average molecular weight is 347 g/mol. The summed E-state index contributed by atoms with van der Waals surface area (Å²) in [7, 11) is 0. The molecule has 132 valence electrons. The van der Waals surface area contributed by atoms with E-state index in [1.165, 1.54) is 0 Å². The van der Waals surface area contributed by atoms with Crippen LogP contribution in [0.4, 0.5) is 11.6 Å². The van der Waals surface area contributed by atoms with Gasteiger partial charge in [0.05, 0.1) is 12.0 Å². The molecule has 4 rings (SSSR count). The molecule has 2 aromatic rings. The molecule has 2 aliphatic rings. The Kier molecular flexibility index (Phi) is 4.73. The molecule has 1 amide bonds. The molecule has 0 saturated carbocycles. The monoisotopic (exact) mass is 347 g/mol. The van der Waals surface area contributed by atoms with Gasteiger partial charge in [-0.3, -0.25) is 9.79 Å². The van der Waals surface area contributed by atoms with Gasteiger partial charge in [0.1, 0.15) is 11.6 Å². The third kappa shape index (κ3) is 3.49. The Bertz CT molecular complexity index is 832. The van der Waals surface area contributed by atoms with Gasteiger partial charge in [0.25, 0.3) is 0 Å². The third-order valence-electron chi connectivity index (χ3n) is 4.77. The van der Waals surface area contributed by atoms with Gasteiger partial charge in [-0.15, -0.1) is 0 Å². The maximum Gasteiger partial charge on any atom is 0.238 e. The van der Waals surface area contributed by atoms with Crippen LogP contribution in [0.25, 0.3) is 0 Å². The number of pyridine rings is 2. The zero-order chi connectivity index (χ0) is 17.8. The van der Waals surface area contributed by atoms with Crippen LogP contribution in [0.1, 0.15) is 25.7 Å². The molecule has 0 bridgehead atoms. The third-order valence-corrected chi connectivity index (χ3v) is 4.77. The lowest BCUT2D eigenvalue weighted by Crippen LogP contribution is -2.33. The van der Waals surface area contributed by atoms with Gasteiger partial charge < -0.3 is 10.6 Å². The maximum atomic E-state index is 12.9. The first-order valence-corrected chi connectivity index (χ1v) is 8.98. The second-order valence-corrected chi connectivity index (χ2v) is 6.52. The van der Waals surface area contributed by atoms with Crippen molar-refractivity contribution in [3.63, 3.8) is 0 Å². The second kappa shape index (κ2) is 7.47. The average Bonchev–Trinajstić information content (AvgIpc) is 3.00. The first-order valence-electron chi connectivity index (χ1n) is 8.98. The number of carbonyl (C=O) groups excluding carboxylic acids is 1. The molecule has 6 heteroatoms. The summed E-state index contributed by atoms with van der Waals surface area (Å²) >= 11 is 0. The van der Waals surface area contributed by atoms with Gasteiger partial charge in [0.15, 0.2) is 0 Å². The van der Waals surface area contributed by atoms with E-state index in [4.69, 9.17) is 0 Å². The lowest BCUT2D eigenvalue weighted by atomic mass is 9.91. The number of nitrogens with zero attached hydrogens (tertiary/aromatic N) is 3. The van der Waals surface area contributed by atoms with Crippen LogP contribution in [0.15, 0.2) is 65.1 Å². The fraction of sp³-hybridized carbons (Fsp3) is 0.300. The largest absolute Gasteiger partial charge is 0.363 e. The Morgan fingerprint density at radius 1 is 1.00 bits per heavy atom. The number of allylic oxidation sites excluding steroid dienone is 1. The zero-order valence-electron chi connectivity index (χ0n) is 14.4. The van der Waals surface area contributed by atoms with Crippen molar-refractivity contribution in [1.82, 2.24) is 9.97 Å². The van der Waals surface area contributed by atoms with E-state index in [1.54, 1.807) is 24.7 Å². The van der Waals surface area contributed by atoms with Crippen LogP contribution in [0.2, 0.25) is 0 Å². The minimum atomic E-state index is -0.369. The van der Waals surface area contributed by atoms with E-state index in [1.807, 2.05) is 30.3 Å². The standard InChI is InChI=1S/C20H21N5O/c26-20(25-18-10-4-6-12-22-18)14-13-23-15-7-1-2-8-16(19(14)15)24-17-9-3-5-11-21-17/h3-6,9-14,16H,1-2,7-8H2,(H,21,24)(H,22,25,26). The van der Waals surface area contributed by atoms with E-state index in [-0.39, 0.29) is 17.9 Å². The normalized spacial score (nSPS) is 21.8. The smallest absolute Gasteiger partial charge is 0.238 e. The fourth-order valence-corrected chi connectivity index (χ4v) is 3.55. The van der Waals surface area contributed by atoms with Crippen molar-refractivity contribution < 1.29 is 4.79 Å². The van der Waals surface area contributed by atoms with Crippen LogP contribution in [-0.2, 0) is 4.79 Å². The lowest BCUT2D eigenvalue weighted by Gasteiger charge is -2.24. The number of hydrogen-bond donors (Lipinski definition) is 2. The summed E-state index contributed by atoms with van der Waals surface area (Å²) in [6.45, 7) is 0. The van der Waals surface area contributed by atoms with Crippen molar-refractivity contribution in [2.24, 2.45) is 10.9 Å².